The topological polar surface area (TPSA) is 48.4 Å². The number of thiazole rings is 1. The minimum atomic E-state index is -0.436. The van der Waals surface area contributed by atoms with E-state index in [0.29, 0.717) is 17.2 Å². The van der Waals surface area contributed by atoms with Crippen LogP contribution in [0.1, 0.15) is 47.6 Å². The smallest absolute Gasteiger partial charge is 0.350 e. The largest absolute Gasteiger partial charge is 0.455 e. The molecule has 5 heteroatoms. The molecule has 0 bridgehead atoms. The Morgan fingerprint density at radius 3 is 2.65 bits per heavy atom. The van der Waals surface area contributed by atoms with Crippen LogP contribution >= 0.6 is 11.3 Å². The molecule has 1 aromatic heterocycles. The van der Waals surface area contributed by atoms with Crippen molar-refractivity contribution in [3.63, 3.8) is 0 Å². The van der Waals surface area contributed by atoms with E-state index in [4.69, 9.17) is 9.47 Å². The molecule has 0 fully saturated rings. The molecular weight excluding hydrogens is 238 g/mol. The molecule has 0 aliphatic rings. The first-order chi connectivity index (χ1) is 7.89. The second-order valence-electron chi connectivity index (χ2n) is 4.46. The maximum atomic E-state index is 12.0. The number of carbonyl (C=O) groups excluding carboxylic acids is 1. The zero-order chi connectivity index (χ0) is 13.1. The summed E-state index contributed by atoms with van der Waals surface area (Å²) in [6, 6.07) is 0. The molecule has 0 saturated heterocycles. The van der Waals surface area contributed by atoms with Crippen LogP contribution in [-0.2, 0) is 16.1 Å². The number of nitrogens with zero attached hydrogens (tertiary/aromatic N) is 1. The zero-order valence-corrected chi connectivity index (χ0v) is 11.8. The standard InChI is InChI=1S/C12H19NO3S/c1-6-12(3,4)16-11(14)10-8(2)13-9(17-10)7-15-5/h6-7H2,1-5H3. The van der Waals surface area contributed by atoms with E-state index in [2.05, 4.69) is 4.98 Å². The van der Waals surface area contributed by atoms with Crippen LogP contribution in [0.2, 0.25) is 0 Å². The monoisotopic (exact) mass is 257 g/mol. The predicted octanol–water partition coefficient (Wildman–Crippen LogP) is 2.94. The summed E-state index contributed by atoms with van der Waals surface area (Å²) in [5, 5.41) is 0.797. The van der Waals surface area contributed by atoms with E-state index in [-0.39, 0.29) is 5.97 Å². The average Bonchev–Trinajstić information content (AvgIpc) is 2.60. The fourth-order valence-corrected chi connectivity index (χ4v) is 2.11. The van der Waals surface area contributed by atoms with Gasteiger partial charge in [0.05, 0.1) is 12.3 Å². The first-order valence-corrected chi connectivity index (χ1v) is 6.40. The summed E-state index contributed by atoms with van der Waals surface area (Å²) in [4.78, 5) is 16.8. The Balaban J connectivity index is 2.82. The molecule has 0 N–H and O–H groups in total. The summed E-state index contributed by atoms with van der Waals surface area (Å²) in [6.07, 6.45) is 0.779. The van der Waals surface area contributed by atoms with Gasteiger partial charge in [-0.05, 0) is 27.2 Å². The molecule has 0 radical (unpaired) electrons. The van der Waals surface area contributed by atoms with Gasteiger partial charge in [-0.25, -0.2) is 9.78 Å². The molecule has 0 aromatic carbocycles. The van der Waals surface area contributed by atoms with Gasteiger partial charge in [0.25, 0.3) is 0 Å². The molecule has 1 rings (SSSR count). The van der Waals surface area contributed by atoms with Gasteiger partial charge in [0.15, 0.2) is 0 Å². The van der Waals surface area contributed by atoms with Crippen LogP contribution in [0.3, 0.4) is 0 Å². The van der Waals surface area contributed by atoms with Crippen LogP contribution in [0.5, 0.6) is 0 Å². The van der Waals surface area contributed by atoms with Crippen molar-refractivity contribution in [2.75, 3.05) is 7.11 Å². The Hall–Kier alpha value is -0.940. The van der Waals surface area contributed by atoms with Crippen molar-refractivity contribution in [2.45, 2.75) is 46.3 Å². The number of methoxy groups -OCH3 is 1. The number of carbonyl (C=O) groups is 1. The highest BCUT2D eigenvalue weighted by Crippen LogP contribution is 2.23. The molecule has 17 heavy (non-hydrogen) atoms. The van der Waals surface area contributed by atoms with Crippen LogP contribution in [0, 0.1) is 6.92 Å². The van der Waals surface area contributed by atoms with E-state index < -0.39 is 5.60 Å². The van der Waals surface area contributed by atoms with Crippen molar-refractivity contribution in [3.8, 4) is 0 Å². The second-order valence-corrected chi connectivity index (χ2v) is 5.54. The fourth-order valence-electron chi connectivity index (χ4n) is 1.20. The van der Waals surface area contributed by atoms with E-state index in [0.717, 1.165) is 11.4 Å². The Kier molecular flexibility index (Phi) is 4.65. The van der Waals surface area contributed by atoms with Gasteiger partial charge in [-0.3, -0.25) is 0 Å². The minimum Gasteiger partial charge on any atom is -0.455 e. The summed E-state index contributed by atoms with van der Waals surface area (Å²) in [5.41, 5.74) is 0.272. The number of hydrogen-bond acceptors (Lipinski definition) is 5. The van der Waals surface area contributed by atoms with Crippen LogP contribution in [0.4, 0.5) is 0 Å². The summed E-state index contributed by atoms with van der Waals surface area (Å²) in [6.45, 7) is 8.03. The average molecular weight is 257 g/mol. The summed E-state index contributed by atoms with van der Waals surface area (Å²) in [7, 11) is 1.61. The van der Waals surface area contributed by atoms with Gasteiger partial charge in [0.2, 0.25) is 0 Å². The van der Waals surface area contributed by atoms with Crippen molar-refractivity contribution < 1.29 is 14.3 Å². The highest BCUT2D eigenvalue weighted by atomic mass is 32.1. The van der Waals surface area contributed by atoms with Gasteiger partial charge < -0.3 is 9.47 Å². The maximum Gasteiger partial charge on any atom is 0.350 e. The van der Waals surface area contributed by atoms with Gasteiger partial charge >= 0.3 is 5.97 Å². The van der Waals surface area contributed by atoms with Crippen LogP contribution < -0.4 is 0 Å². The molecule has 4 nitrogen and oxygen atoms in total. The van der Waals surface area contributed by atoms with Crippen molar-refractivity contribution in [1.82, 2.24) is 4.98 Å². The molecule has 0 amide bonds. The summed E-state index contributed by atoms with van der Waals surface area (Å²) < 4.78 is 10.4. The highest BCUT2D eigenvalue weighted by Gasteiger charge is 2.24. The quantitative estimate of drug-likeness (QED) is 0.761. The van der Waals surface area contributed by atoms with Crippen molar-refractivity contribution in [1.29, 1.82) is 0 Å². The molecule has 0 unspecified atom stereocenters. The first-order valence-electron chi connectivity index (χ1n) is 5.58. The van der Waals surface area contributed by atoms with E-state index in [1.165, 1.54) is 11.3 Å². The second kappa shape index (κ2) is 5.60. The highest BCUT2D eigenvalue weighted by molar-refractivity contribution is 7.13. The van der Waals surface area contributed by atoms with Gasteiger partial charge in [0.1, 0.15) is 15.5 Å². The van der Waals surface area contributed by atoms with Crippen molar-refractivity contribution in [2.24, 2.45) is 0 Å². The number of ether oxygens (including phenoxy) is 2. The molecule has 0 aliphatic carbocycles. The molecule has 1 heterocycles. The Morgan fingerprint density at radius 1 is 1.47 bits per heavy atom. The molecule has 1 aromatic rings. The van der Waals surface area contributed by atoms with E-state index in [9.17, 15) is 4.79 Å². The lowest BCUT2D eigenvalue weighted by Crippen LogP contribution is -2.26. The van der Waals surface area contributed by atoms with Crippen molar-refractivity contribution in [3.05, 3.63) is 15.6 Å². The Labute approximate surface area is 106 Å². The third kappa shape index (κ3) is 3.78. The normalized spacial score (nSPS) is 11.6. The van der Waals surface area contributed by atoms with E-state index >= 15 is 0 Å². The molecule has 0 aliphatic heterocycles. The van der Waals surface area contributed by atoms with Crippen LogP contribution in [0.25, 0.3) is 0 Å². The lowest BCUT2D eigenvalue weighted by atomic mass is 10.1. The number of aryl methyl sites for hydroxylation is 1. The summed E-state index contributed by atoms with van der Waals surface area (Å²) >= 11 is 1.33. The molecule has 96 valence electrons. The first kappa shape index (κ1) is 14.1. The van der Waals surface area contributed by atoms with Gasteiger partial charge in [-0.15, -0.1) is 11.3 Å². The Bertz CT molecular complexity index is 398. The van der Waals surface area contributed by atoms with Crippen LogP contribution in [0.15, 0.2) is 0 Å². The predicted molar refractivity (Wildman–Crippen MR) is 67.3 cm³/mol. The van der Waals surface area contributed by atoms with Crippen molar-refractivity contribution >= 4 is 17.3 Å². The number of aromatic nitrogens is 1. The van der Waals surface area contributed by atoms with Gasteiger partial charge in [-0.2, -0.15) is 0 Å². The third-order valence-corrected chi connectivity index (χ3v) is 3.63. The SMILES string of the molecule is CCC(C)(C)OC(=O)c1sc(COC)nc1C. The molecule has 0 saturated carbocycles. The maximum absolute atomic E-state index is 12.0. The lowest BCUT2D eigenvalue weighted by molar-refractivity contribution is -0.00198. The minimum absolute atomic E-state index is 0.297. The number of esters is 1. The Morgan fingerprint density at radius 2 is 2.12 bits per heavy atom. The van der Waals surface area contributed by atoms with E-state index in [1.54, 1.807) is 7.11 Å². The molecular formula is C12H19NO3S. The third-order valence-electron chi connectivity index (χ3n) is 2.51. The van der Waals surface area contributed by atoms with E-state index in [1.807, 2.05) is 27.7 Å². The van der Waals surface area contributed by atoms with Gasteiger partial charge in [0, 0.05) is 7.11 Å². The molecule has 0 spiro atoms. The number of rotatable bonds is 5. The zero-order valence-electron chi connectivity index (χ0n) is 11.0. The molecule has 0 atom stereocenters. The summed E-state index contributed by atoms with van der Waals surface area (Å²) in [5.74, 6) is -0.297. The lowest BCUT2D eigenvalue weighted by Gasteiger charge is -2.22. The number of hydrogen-bond donors (Lipinski definition) is 0. The fraction of sp³-hybridized carbons (Fsp3) is 0.667. The van der Waals surface area contributed by atoms with Gasteiger partial charge in [-0.1, -0.05) is 6.92 Å². The van der Waals surface area contributed by atoms with Crippen LogP contribution in [-0.4, -0.2) is 23.7 Å².